The number of carbonyl (C=O) groups excluding carboxylic acids is 2. The lowest BCUT2D eigenvalue weighted by Gasteiger charge is -2.20. The van der Waals surface area contributed by atoms with Crippen molar-refractivity contribution in [3.63, 3.8) is 0 Å². The van der Waals surface area contributed by atoms with Crippen LogP contribution in [0.25, 0.3) is 0 Å². The number of aliphatic hydroxyl groups is 4. The normalized spacial score (nSPS) is 15.7. The predicted octanol–water partition coefficient (Wildman–Crippen LogP) is 9.39. The molecule has 5 N–H and O–H groups in total. The summed E-state index contributed by atoms with van der Waals surface area (Å²) in [5.74, 6) is -1.24. The number of carbonyl (C=O) groups is 2. The third-order valence-electron chi connectivity index (χ3n) is 8.71. The van der Waals surface area contributed by atoms with Gasteiger partial charge in [-0.05, 0) is 70.6 Å². The van der Waals surface area contributed by atoms with Crippen LogP contribution in [0.4, 0.5) is 0 Å². The minimum atomic E-state index is -4.70. The van der Waals surface area contributed by atoms with Crippen molar-refractivity contribution >= 4 is 19.8 Å². The summed E-state index contributed by atoms with van der Waals surface area (Å²) >= 11 is 0. The van der Waals surface area contributed by atoms with Crippen molar-refractivity contribution in [2.24, 2.45) is 0 Å². The molecule has 0 fully saturated rings. The lowest BCUT2D eigenvalue weighted by molar-refractivity contribution is -0.161. The Hall–Kier alpha value is -2.93. The number of ether oxygens (including phenoxy) is 2. The summed E-state index contributed by atoms with van der Waals surface area (Å²) < 4.78 is 32.5. The van der Waals surface area contributed by atoms with Crippen LogP contribution in [0.2, 0.25) is 0 Å². The quantitative estimate of drug-likeness (QED) is 0.0130. The third kappa shape index (κ3) is 40.3. The molecule has 0 rings (SSSR count). The van der Waals surface area contributed by atoms with Gasteiger partial charge in [-0.1, -0.05) is 144 Å². The summed E-state index contributed by atoms with van der Waals surface area (Å²) in [6, 6.07) is 0. The Bertz CT molecular complexity index is 1290. The molecule has 1 unspecified atom stereocenters. The molecule has 0 saturated carbocycles. The van der Waals surface area contributed by atoms with Gasteiger partial charge in [0.15, 0.2) is 6.10 Å². The molecule has 12 nitrogen and oxygen atoms in total. The van der Waals surface area contributed by atoms with Gasteiger partial charge in [0, 0.05) is 12.8 Å². The van der Waals surface area contributed by atoms with E-state index in [9.17, 15) is 34.4 Å². The van der Waals surface area contributed by atoms with Crippen molar-refractivity contribution < 1.29 is 58.0 Å². The Morgan fingerprint density at radius 2 is 1.12 bits per heavy atom. The molecule has 0 heterocycles. The number of rotatable bonds is 39. The summed E-state index contributed by atoms with van der Waals surface area (Å²) in [5.41, 5.74) is 0. The minimum Gasteiger partial charge on any atom is -0.462 e. The molecule has 0 aromatic carbocycles. The van der Waals surface area contributed by atoms with Crippen LogP contribution in [0, 0.1) is 0 Å². The zero-order valence-electron chi connectivity index (χ0n) is 35.9. The van der Waals surface area contributed by atoms with Crippen LogP contribution in [0.1, 0.15) is 142 Å². The molecule has 0 saturated heterocycles. The maximum atomic E-state index is 12.6. The fraction of sp³-hybridized carbons (Fsp3) is 0.652. The van der Waals surface area contributed by atoms with Crippen LogP contribution in [-0.2, 0) is 32.7 Å². The second-order valence-electron chi connectivity index (χ2n) is 14.4. The monoisotopic (exact) mass is 853 g/mol. The van der Waals surface area contributed by atoms with Gasteiger partial charge in [-0.25, -0.2) is 4.57 Å². The van der Waals surface area contributed by atoms with Gasteiger partial charge in [0.1, 0.15) is 12.7 Å². The SMILES string of the molecule is CCCCC/C=C\C[C@@H](O)/C=C/C=C/C=C\[C@@H](O)CCCC(=O)OC[C@H](COP(=O)(O)OC[C@@H](O)CO)OC(=O)CCC/C=C\C/C=C\C/C=C\CCCCCCCC. The van der Waals surface area contributed by atoms with E-state index < -0.39 is 70.6 Å². The molecule has 13 heteroatoms. The van der Waals surface area contributed by atoms with Gasteiger partial charge < -0.3 is 34.8 Å². The van der Waals surface area contributed by atoms with Gasteiger partial charge in [0.25, 0.3) is 0 Å². The van der Waals surface area contributed by atoms with Crippen LogP contribution in [-0.4, -0.2) is 88.1 Å². The molecule has 0 aromatic rings. The van der Waals surface area contributed by atoms with Crippen LogP contribution in [0.5, 0.6) is 0 Å². The number of phosphoric ester groups is 1. The first-order chi connectivity index (χ1) is 28.5. The molecule has 59 heavy (non-hydrogen) atoms. The first kappa shape index (κ1) is 56.1. The summed E-state index contributed by atoms with van der Waals surface area (Å²) in [6.07, 6.45) is 40.4. The van der Waals surface area contributed by atoms with Crippen LogP contribution < -0.4 is 0 Å². The molecule has 0 aromatic heterocycles. The van der Waals surface area contributed by atoms with Crippen molar-refractivity contribution in [1.29, 1.82) is 0 Å². The van der Waals surface area contributed by atoms with E-state index in [1.54, 1.807) is 36.5 Å². The number of phosphoric acid groups is 1. The van der Waals surface area contributed by atoms with Gasteiger partial charge in [0.2, 0.25) is 0 Å². The van der Waals surface area contributed by atoms with Gasteiger partial charge in [-0.15, -0.1) is 0 Å². The fourth-order valence-corrected chi connectivity index (χ4v) is 6.05. The maximum Gasteiger partial charge on any atom is 0.472 e. The molecule has 0 aliphatic rings. The number of unbranched alkanes of at least 4 members (excludes halogenated alkanes) is 10. The molecule has 0 spiro atoms. The van der Waals surface area contributed by atoms with Gasteiger partial charge in [-0.2, -0.15) is 0 Å². The standard InChI is InChI=1S/C46H77O12P/c1-3-5-7-9-11-12-13-14-15-16-17-18-19-20-21-23-29-35-46(52)58-44(40-57-59(53,54)56-38-43(50)37-47)39-55-45(51)36-30-34-42(49)33-28-25-24-27-32-41(48)31-26-22-10-8-6-4-2/h14-15,17-18,20-22,24-28,32-33,41-44,47-50H,3-13,16,19,23,29-31,34-40H2,1-2H3,(H,53,54)/b15-14-,18-17-,21-20-,25-24+,26-22-,32-27+,33-28-/t41-,42-,43+,44-/m1/s1. The van der Waals surface area contributed by atoms with E-state index in [0.717, 1.165) is 32.1 Å². The first-order valence-corrected chi connectivity index (χ1v) is 23.3. The van der Waals surface area contributed by atoms with E-state index >= 15 is 0 Å². The Labute approximate surface area is 355 Å². The topological polar surface area (TPSA) is 189 Å². The molecule has 0 radical (unpaired) electrons. The fourth-order valence-electron chi connectivity index (χ4n) is 5.26. The highest BCUT2D eigenvalue weighted by Crippen LogP contribution is 2.43. The Morgan fingerprint density at radius 3 is 1.78 bits per heavy atom. The van der Waals surface area contributed by atoms with Crippen LogP contribution in [0.15, 0.2) is 85.1 Å². The number of esters is 2. The molecule has 5 atom stereocenters. The molecule has 338 valence electrons. The van der Waals surface area contributed by atoms with Crippen LogP contribution in [0.3, 0.4) is 0 Å². The molecular formula is C46H77O12P. The maximum absolute atomic E-state index is 12.6. The first-order valence-electron chi connectivity index (χ1n) is 21.8. The lowest BCUT2D eigenvalue weighted by atomic mass is 10.1. The van der Waals surface area contributed by atoms with Crippen molar-refractivity contribution in [2.75, 3.05) is 26.4 Å². The summed E-state index contributed by atoms with van der Waals surface area (Å²) in [6.45, 7) is 1.95. The average molecular weight is 853 g/mol. The zero-order valence-corrected chi connectivity index (χ0v) is 36.8. The smallest absolute Gasteiger partial charge is 0.462 e. The summed E-state index contributed by atoms with van der Waals surface area (Å²) in [7, 11) is -4.70. The number of hydrogen-bond donors (Lipinski definition) is 5. The van der Waals surface area contributed by atoms with Crippen molar-refractivity contribution in [2.45, 2.75) is 167 Å². The summed E-state index contributed by atoms with van der Waals surface area (Å²) in [5, 5.41) is 38.6. The summed E-state index contributed by atoms with van der Waals surface area (Å²) in [4.78, 5) is 35.0. The number of allylic oxidation sites excluding steroid dienone is 11. The Kier molecular flexibility index (Phi) is 38.5. The van der Waals surface area contributed by atoms with Gasteiger partial charge in [0.05, 0.1) is 32.0 Å². The predicted molar refractivity (Wildman–Crippen MR) is 235 cm³/mol. The average Bonchev–Trinajstić information content (AvgIpc) is 3.21. The van der Waals surface area contributed by atoms with E-state index in [2.05, 4.69) is 48.8 Å². The van der Waals surface area contributed by atoms with E-state index in [4.69, 9.17) is 19.1 Å². The highest BCUT2D eigenvalue weighted by Gasteiger charge is 2.27. The van der Waals surface area contributed by atoms with E-state index in [0.29, 0.717) is 25.7 Å². The van der Waals surface area contributed by atoms with Crippen molar-refractivity contribution in [3.05, 3.63) is 85.1 Å². The number of hydrogen-bond acceptors (Lipinski definition) is 11. The Balaban J connectivity index is 4.65. The Morgan fingerprint density at radius 1 is 0.593 bits per heavy atom. The third-order valence-corrected chi connectivity index (χ3v) is 9.66. The highest BCUT2D eigenvalue weighted by atomic mass is 31.2. The van der Waals surface area contributed by atoms with Gasteiger partial charge >= 0.3 is 19.8 Å². The van der Waals surface area contributed by atoms with E-state index in [1.165, 1.54) is 51.4 Å². The van der Waals surface area contributed by atoms with Crippen molar-refractivity contribution in [1.82, 2.24) is 0 Å². The molecule has 0 aliphatic heterocycles. The van der Waals surface area contributed by atoms with Crippen molar-refractivity contribution in [3.8, 4) is 0 Å². The molecular weight excluding hydrogens is 775 g/mol. The highest BCUT2D eigenvalue weighted by molar-refractivity contribution is 7.47. The molecule has 0 bridgehead atoms. The van der Waals surface area contributed by atoms with Crippen LogP contribution >= 0.6 is 7.82 Å². The molecule has 0 aliphatic carbocycles. The second kappa shape index (κ2) is 40.5. The minimum absolute atomic E-state index is 0.0337. The second-order valence-corrected chi connectivity index (χ2v) is 15.9. The van der Waals surface area contributed by atoms with E-state index in [-0.39, 0.29) is 19.3 Å². The van der Waals surface area contributed by atoms with Gasteiger partial charge in [-0.3, -0.25) is 18.6 Å². The number of aliphatic hydroxyl groups excluding tert-OH is 4. The lowest BCUT2D eigenvalue weighted by Crippen LogP contribution is -2.29. The van der Waals surface area contributed by atoms with E-state index in [1.807, 2.05) is 18.2 Å². The largest absolute Gasteiger partial charge is 0.472 e. The molecule has 0 amide bonds. The zero-order chi connectivity index (χ0) is 43.7.